The van der Waals surface area contributed by atoms with Crippen LogP contribution in [0.25, 0.3) is 0 Å². The smallest absolute Gasteiger partial charge is 0.264 e. The normalized spacial score (nSPS) is 11.2. The van der Waals surface area contributed by atoms with E-state index in [4.69, 9.17) is 11.6 Å². The highest BCUT2D eigenvalue weighted by Gasteiger charge is 2.17. The van der Waals surface area contributed by atoms with Crippen molar-refractivity contribution in [1.82, 2.24) is 4.98 Å². The number of hydrogen-bond donors (Lipinski definition) is 2. The van der Waals surface area contributed by atoms with Crippen molar-refractivity contribution < 1.29 is 8.42 Å². The van der Waals surface area contributed by atoms with Crippen LogP contribution in [0.4, 0.5) is 17.2 Å². The Bertz CT molecular complexity index is 1030. The third-order valence-electron chi connectivity index (χ3n) is 3.92. The van der Waals surface area contributed by atoms with E-state index < -0.39 is 10.0 Å². The summed E-state index contributed by atoms with van der Waals surface area (Å²) in [5.41, 5.74) is 4.11. The molecule has 134 valence electrons. The van der Waals surface area contributed by atoms with Gasteiger partial charge in [-0.25, -0.2) is 13.4 Å². The molecule has 1 heterocycles. The average Bonchev–Trinajstić information content (AvgIpc) is 2.60. The van der Waals surface area contributed by atoms with Gasteiger partial charge in [0.2, 0.25) is 0 Å². The van der Waals surface area contributed by atoms with Crippen molar-refractivity contribution in [1.29, 1.82) is 0 Å². The number of nitrogens with zero attached hydrogens (tertiary/aromatic N) is 1. The van der Waals surface area contributed by atoms with Gasteiger partial charge in [-0.2, -0.15) is 0 Å². The van der Waals surface area contributed by atoms with Crippen LogP contribution >= 0.6 is 11.6 Å². The molecule has 0 aliphatic carbocycles. The predicted molar refractivity (Wildman–Crippen MR) is 106 cm³/mol. The van der Waals surface area contributed by atoms with E-state index in [9.17, 15) is 8.42 Å². The maximum atomic E-state index is 12.4. The van der Waals surface area contributed by atoms with Gasteiger partial charge in [-0.05, 0) is 61.4 Å². The zero-order valence-electron chi connectivity index (χ0n) is 14.3. The van der Waals surface area contributed by atoms with E-state index in [-0.39, 0.29) is 15.7 Å². The summed E-state index contributed by atoms with van der Waals surface area (Å²) in [7, 11) is -3.79. The second kappa shape index (κ2) is 7.35. The molecule has 0 bridgehead atoms. The Labute approximate surface area is 158 Å². The van der Waals surface area contributed by atoms with Gasteiger partial charge >= 0.3 is 0 Å². The second-order valence-electron chi connectivity index (χ2n) is 5.89. The topological polar surface area (TPSA) is 71.1 Å². The summed E-state index contributed by atoms with van der Waals surface area (Å²) in [5.74, 6) is 0.218. The van der Waals surface area contributed by atoms with Gasteiger partial charge in [0.1, 0.15) is 10.7 Å². The first-order chi connectivity index (χ1) is 12.3. The summed E-state index contributed by atoms with van der Waals surface area (Å²) in [6.07, 6.45) is 1.57. The van der Waals surface area contributed by atoms with Crippen LogP contribution in [0, 0.1) is 13.8 Å². The molecular formula is C19H18ClN3O2S. The molecule has 0 unspecified atom stereocenters. The first-order valence-electron chi connectivity index (χ1n) is 7.93. The standard InChI is InChI=1S/C19H18ClN3O2S/c1-13-7-8-15(11-14(13)2)22-16-9-10-19(21-12-16)23-26(24,25)18-6-4-3-5-17(18)20/h3-12,22H,1-2H3,(H,21,23). The van der Waals surface area contributed by atoms with Crippen LogP contribution in [-0.2, 0) is 10.0 Å². The van der Waals surface area contributed by atoms with Crippen LogP contribution < -0.4 is 10.0 Å². The lowest BCUT2D eigenvalue weighted by molar-refractivity contribution is 0.601. The number of anilines is 3. The fourth-order valence-corrected chi connectivity index (χ4v) is 3.90. The van der Waals surface area contributed by atoms with Crippen LogP contribution in [0.3, 0.4) is 0 Å². The highest BCUT2D eigenvalue weighted by Crippen LogP contribution is 2.24. The van der Waals surface area contributed by atoms with Crippen LogP contribution in [0.15, 0.2) is 65.7 Å². The summed E-state index contributed by atoms with van der Waals surface area (Å²) in [5, 5.41) is 3.40. The molecule has 0 aliphatic rings. The van der Waals surface area contributed by atoms with Crippen molar-refractivity contribution in [3.8, 4) is 0 Å². The number of pyridine rings is 1. The average molecular weight is 388 g/mol. The number of sulfonamides is 1. The fourth-order valence-electron chi connectivity index (χ4n) is 2.37. The number of hydrogen-bond acceptors (Lipinski definition) is 4. The molecular weight excluding hydrogens is 370 g/mol. The monoisotopic (exact) mass is 387 g/mol. The van der Waals surface area contributed by atoms with E-state index >= 15 is 0 Å². The van der Waals surface area contributed by atoms with Gasteiger partial charge in [-0.3, -0.25) is 4.72 Å². The van der Waals surface area contributed by atoms with E-state index in [1.807, 2.05) is 25.1 Å². The lowest BCUT2D eigenvalue weighted by Crippen LogP contribution is -2.14. The Balaban J connectivity index is 1.75. The fraction of sp³-hybridized carbons (Fsp3) is 0.105. The van der Waals surface area contributed by atoms with E-state index in [2.05, 4.69) is 21.9 Å². The Morgan fingerprint density at radius 1 is 0.923 bits per heavy atom. The summed E-state index contributed by atoms with van der Waals surface area (Å²) in [6, 6.07) is 15.7. The van der Waals surface area contributed by atoms with Crippen LogP contribution in [0.5, 0.6) is 0 Å². The first kappa shape index (κ1) is 18.2. The molecule has 3 rings (SSSR count). The molecule has 7 heteroatoms. The minimum absolute atomic E-state index is 0.0146. The molecule has 2 aromatic carbocycles. The van der Waals surface area contributed by atoms with Crippen molar-refractivity contribution in [2.75, 3.05) is 10.0 Å². The summed E-state index contributed by atoms with van der Waals surface area (Å²) >= 11 is 5.96. The zero-order valence-corrected chi connectivity index (χ0v) is 15.9. The van der Waals surface area contributed by atoms with Crippen molar-refractivity contribution in [3.63, 3.8) is 0 Å². The van der Waals surface area contributed by atoms with Gasteiger partial charge in [-0.1, -0.05) is 29.8 Å². The summed E-state index contributed by atoms with van der Waals surface area (Å²) in [6.45, 7) is 4.10. The Kier molecular flexibility index (Phi) is 5.15. The number of rotatable bonds is 5. The molecule has 0 amide bonds. The minimum atomic E-state index is -3.79. The molecule has 0 aliphatic heterocycles. The summed E-state index contributed by atoms with van der Waals surface area (Å²) in [4.78, 5) is 4.17. The zero-order chi connectivity index (χ0) is 18.7. The maximum absolute atomic E-state index is 12.4. The van der Waals surface area contributed by atoms with Crippen LogP contribution in [0.1, 0.15) is 11.1 Å². The third kappa shape index (κ3) is 4.15. The predicted octanol–water partition coefficient (Wildman–Crippen LogP) is 4.90. The van der Waals surface area contributed by atoms with E-state index in [1.54, 1.807) is 30.5 Å². The Morgan fingerprint density at radius 2 is 1.65 bits per heavy atom. The number of aromatic nitrogens is 1. The summed E-state index contributed by atoms with van der Waals surface area (Å²) < 4.78 is 27.3. The molecule has 0 atom stereocenters. The highest BCUT2D eigenvalue weighted by molar-refractivity contribution is 7.92. The van der Waals surface area contributed by atoms with Crippen molar-refractivity contribution >= 4 is 38.8 Å². The molecule has 0 fully saturated rings. The van der Waals surface area contributed by atoms with E-state index in [0.29, 0.717) is 0 Å². The van der Waals surface area contributed by atoms with Crippen LogP contribution in [-0.4, -0.2) is 13.4 Å². The first-order valence-corrected chi connectivity index (χ1v) is 9.79. The number of aryl methyl sites for hydroxylation is 2. The quantitative estimate of drug-likeness (QED) is 0.653. The van der Waals surface area contributed by atoms with E-state index in [0.717, 1.165) is 11.4 Å². The largest absolute Gasteiger partial charge is 0.354 e. The Hall–Kier alpha value is -2.57. The molecule has 0 spiro atoms. The molecule has 2 N–H and O–H groups in total. The van der Waals surface area contributed by atoms with Gasteiger partial charge in [-0.15, -0.1) is 0 Å². The molecule has 0 radical (unpaired) electrons. The third-order valence-corrected chi connectivity index (χ3v) is 5.78. The van der Waals surface area contributed by atoms with Crippen molar-refractivity contribution in [2.24, 2.45) is 0 Å². The minimum Gasteiger partial charge on any atom is -0.354 e. The van der Waals surface area contributed by atoms with Gasteiger partial charge in [0.25, 0.3) is 10.0 Å². The number of nitrogens with one attached hydrogen (secondary N) is 2. The van der Waals surface area contributed by atoms with E-state index in [1.165, 1.54) is 23.3 Å². The SMILES string of the molecule is Cc1ccc(Nc2ccc(NS(=O)(=O)c3ccccc3Cl)nc2)cc1C. The second-order valence-corrected chi connectivity index (χ2v) is 7.95. The van der Waals surface area contributed by atoms with Gasteiger partial charge < -0.3 is 5.32 Å². The molecule has 0 saturated heterocycles. The molecule has 3 aromatic rings. The molecule has 0 saturated carbocycles. The number of benzene rings is 2. The lowest BCUT2D eigenvalue weighted by Gasteiger charge is -2.11. The van der Waals surface area contributed by atoms with Gasteiger partial charge in [0.05, 0.1) is 16.9 Å². The van der Waals surface area contributed by atoms with Crippen LogP contribution in [0.2, 0.25) is 5.02 Å². The Morgan fingerprint density at radius 3 is 2.31 bits per heavy atom. The van der Waals surface area contributed by atoms with Gasteiger partial charge in [0.15, 0.2) is 0 Å². The number of halogens is 1. The lowest BCUT2D eigenvalue weighted by atomic mass is 10.1. The molecule has 26 heavy (non-hydrogen) atoms. The molecule has 5 nitrogen and oxygen atoms in total. The van der Waals surface area contributed by atoms with Gasteiger partial charge in [0, 0.05) is 5.69 Å². The molecule has 1 aromatic heterocycles. The maximum Gasteiger partial charge on any atom is 0.264 e. The van der Waals surface area contributed by atoms with Crippen molar-refractivity contribution in [3.05, 3.63) is 76.9 Å². The van der Waals surface area contributed by atoms with Crippen molar-refractivity contribution in [2.45, 2.75) is 18.7 Å². The highest BCUT2D eigenvalue weighted by atomic mass is 35.5.